The van der Waals surface area contributed by atoms with Crippen molar-refractivity contribution in [3.05, 3.63) is 48.2 Å². The molecule has 0 bridgehead atoms. The predicted molar refractivity (Wildman–Crippen MR) is 136 cm³/mol. The molecular weight excluding hydrogens is 482 g/mol. The molecule has 2 aliphatic heterocycles. The van der Waals surface area contributed by atoms with Crippen molar-refractivity contribution >= 4 is 46.2 Å². The van der Waals surface area contributed by atoms with Gasteiger partial charge in [-0.05, 0) is 42.7 Å². The number of pyridine rings is 2. The molecule has 2 aliphatic rings. The Morgan fingerprint density at radius 3 is 2.92 bits per heavy atom. The number of aromatic nitrogens is 2. The molecule has 1 saturated heterocycles. The lowest BCUT2D eigenvalue weighted by atomic mass is 10.0. The summed E-state index contributed by atoms with van der Waals surface area (Å²) in [6, 6.07) is 10.9. The lowest BCUT2D eigenvalue weighted by molar-refractivity contribution is -0.113. The van der Waals surface area contributed by atoms with Crippen LogP contribution in [0.2, 0.25) is 0 Å². The van der Waals surface area contributed by atoms with Gasteiger partial charge in [0.15, 0.2) is 0 Å². The van der Waals surface area contributed by atoms with Gasteiger partial charge < -0.3 is 24.8 Å². The first kappa shape index (κ1) is 24.3. The molecule has 0 spiro atoms. The van der Waals surface area contributed by atoms with E-state index in [4.69, 9.17) is 9.47 Å². The van der Waals surface area contributed by atoms with Gasteiger partial charge in [-0.25, -0.2) is 9.78 Å². The SMILES string of the molecule is COc1ccc2nccc(NC(=O)OC3CCN(C[C@H](O)c4ccc5c(c4)NC(=O)CS5)CC3)c2n1. The van der Waals surface area contributed by atoms with Crippen LogP contribution in [-0.2, 0) is 9.53 Å². The molecule has 0 radical (unpaired) electrons. The Kier molecular flexibility index (Phi) is 7.21. The minimum absolute atomic E-state index is 0.0293. The van der Waals surface area contributed by atoms with Crippen LogP contribution in [0, 0.1) is 0 Å². The number of nitrogens with zero attached hydrogens (tertiary/aromatic N) is 3. The first-order valence-corrected chi connectivity index (χ1v) is 12.7. The maximum atomic E-state index is 12.6. The van der Waals surface area contributed by atoms with Crippen molar-refractivity contribution < 1.29 is 24.2 Å². The molecule has 3 N–H and O–H groups in total. The highest BCUT2D eigenvalue weighted by molar-refractivity contribution is 8.00. The van der Waals surface area contributed by atoms with Crippen LogP contribution < -0.4 is 15.4 Å². The number of carbonyl (C=O) groups is 2. The number of anilines is 2. The van der Waals surface area contributed by atoms with Crippen LogP contribution in [0.4, 0.5) is 16.2 Å². The summed E-state index contributed by atoms with van der Waals surface area (Å²) < 4.78 is 10.8. The summed E-state index contributed by atoms with van der Waals surface area (Å²) >= 11 is 1.50. The number of β-amino-alcohol motifs (C(OH)–C–C–N with tert-alkyl or cyclic N) is 1. The number of benzene rings is 1. The highest BCUT2D eigenvalue weighted by atomic mass is 32.2. The van der Waals surface area contributed by atoms with Crippen LogP contribution in [0.1, 0.15) is 24.5 Å². The smallest absolute Gasteiger partial charge is 0.411 e. The zero-order valence-electron chi connectivity index (χ0n) is 19.8. The number of likely N-dealkylation sites (tertiary alicyclic amines) is 1. The molecule has 1 aromatic carbocycles. The molecule has 5 rings (SSSR count). The first-order valence-electron chi connectivity index (χ1n) is 11.7. The van der Waals surface area contributed by atoms with Gasteiger partial charge in [-0.2, -0.15) is 0 Å². The van der Waals surface area contributed by atoms with Crippen molar-refractivity contribution in [2.24, 2.45) is 0 Å². The topological polar surface area (TPSA) is 126 Å². The zero-order valence-corrected chi connectivity index (χ0v) is 20.6. The molecule has 36 heavy (non-hydrogen) atoms. The lowest BCUT2D eigenvalue weighted by Gasteiger charge is -2.33. The van der Waals surface area contributed by atoms with E-state index in [0.717, 1.165) is 16.1 Å². The van der Waals surface area contributed by atoms with Crippen LogP contribution in [0.15, 0.2) is 47.5 Å². The largest absolute Gasteiger partial charge is 0.481 e. The van der Waals surface area contributed by atoms with E-state index in [1.807, 2.05) is 18.2 Å². The number of fused-ring (bicyclic) bond motifs is 2. The van der Waals surface area contributed by atoms with E-state index in [1.54, 1.807) is 24.4 Å². The van der Waals surface area contributed by atoms with Gasteiger partial charge in [-0.1, -0.05) is 6.07 Å². The standard InChI is InChI=1S/C25H27N5O5S/c1-34-23-5-3-17-24(29-23)18(6-9-26-17)28-25(33)35-16-7-10-30(11-8-16)13-20(31)15-2-4-21-19(12-15)27-22(32)14-36-21/h2-6,9,12,16,20,31H,7-8,10-11,13-14H2,1H3,(H,27,32)(H,26,28,33)/t20-/m0/s1. The highest BCUT2D eigenvalue weighted by Gasteiger charge is 2.25. The van der Waals surface area contributed by atoms with Crippen molar-refractivity contribution in [2.45, 2.75) is 29.9 Å². The monoisotopic (exact) mass is 509 g/mol. The number of nitrogens with one attached hydrogen (secondary N) is 2. The normalized spacial score (nSPS) is 17.2. The molecular formula is C25H27N5O5S. The molecule has 3 aromatic rings. The third kappa shape index (κ3) is 5.53. The summed E-state index contributed by atoms with van der Waals surface area (Å²) in [4.78, 5) is 36.0. The third-order valence-corrected chi connectivity index (χ3v) is 7.34. The van der Waals surface area contributed by atoms with E-state index in [2.05, 4.69) is 25.5 Å². The summed E-state index contributed by atoms with van der Waals surface area (Å²) in [5, 5.41) is 16.4. The number of hydrogen-bond donors (Lipinski definition) is 3. The summed E-state index contributed by atoms with van der Waals surface area (Å²) in [7, 11) is 1.53. The Labute approximate surface area is 212 Å². The van der Waals surface area contributed by atoms with Gasteiger partial charge in [0.2, 0.25) is 11.8 Å². The van der Waals surface area contributed by atoms with Gasteiger partial charge in [-0.3, -0.25) is 15.1 Å². The number of aliphatic hydroxyl groups excluding tert-OH is 1. The second kappa shape index (κ2) is 10.7. The summed E-state index contributed by atoms with van der Waals surface area (Å²) in [5.74, 6) is 0.813. The van der Waals surface area contributed by atoms with Crippen molar-refractivity contribution in [1.82, 2.24) is 14.9 Å². The molecule has 0 aliphatic carbocycles. The van der Waals surface area contributed by atoms with Gasteiger partial charge >= 0.3 is 6.09 Å². The van der Waals surface area contributed by atoms with E-state index in [9.17, 15) is 14.7 Å². The maximum Gasteiger partial charge on any atom is 0.411 e. The Bertz CT molecular complexity index is 1280. The fourth-order valence-corrected chi connectivity index (χ4v) is 5.17. The van der Waals surface area contributed by atoms with E-state index in [-0.39, 0.29) is 12.0 Å². The summed E-state index contributed by atoms with van der Waals surface area (Å²) in [6.45, 7) is 1.86. The first-order chi connectivity index (χ1) is 17.5. The molecule has 11 heteroatoms. The van der Waals surface area contributed by atoms with Crippen molar-refractivity contribution in [2.75, 3.05) is 43.1 Å². The Morgan fingerprint density at radius 2 is 2.11 bits per heavy atom. The number of thioether (sulfide) groups is 1. The number of hydrogen-bond acceptors (Lipinski definition) is 9. The molecule has 1 fully saturated rings. The third-order valence-electron chi connectivity index (χ3n) is 6.26. The van der Waals surface area contributed by atoms with Crippen molar-refractivity contribution in [1.29, 1.82) is 0 Å². The summed E-state index contributed by atoms with van der Waals surface area (Å²) in [5.41, 5.74) is 3.19. The Hall–Kier alpha value is -3.41. The number of rotatable bonds is 6. The van der Waals surface area contributed by atoms with E-state index in [1.165, 1.54) is 18.9 Å². The van der Waals surface area contributed by atoms with Gasteiger partial charge in [0.25, 0.3) is 0 Å². The molecule has 4 heterocycles. The van der Waals surface area contributed by atoms with E-state index >= 15 is 0 Å². The molecule has 188 valence electrons. The number of aliphatic hydroxyl groups is 1. The zero-order chi connectivity index (χ0) is 25.1. The molecule has 10 nitrogen and oxygen atoms in total. The minimum Gasteiger partial charge on any atom is -0.481 e. The van der Waals surface area contributed by atoms with E-state index < -0.39 is 12.2 Å². The Balaban J connectivity index is 1.12. The highest BCUT2D eigenvalue weighted by Crippen LogP contribution is 2.33. The molecule has 0 saturated carbocycles. The lowest BCUT2D eigenvalue weighted by Crippen LogP contribution is -2.40. The summed E-state index contributed by atoms with van der Waals surface area (Å²) in [6.07, 6.45) is 1.50. The fourth-order valence-electron chi connectivity index (χ4n) is 4.38. The second-order valence-corrected chi connectivity index (χ2v) is 9.74. The van der Waals surface area contributed by atoms with Crippen LogP contribution in [0.5, 0.6) is 5.88 Å². The van der Waals surface area contributed by atoms with Crippen molar-refractivity contribution in [3.63, 3.8) is 0 Å². The maximum absolute atomic E-state index is 12.6. The van der Waals surface area contributed by atoms with Crippen molar-refractivity contribution in [3.8, 4) is 5.88 Å². The number of carbonyl (C=O) groups excluding carboxylic acids is 2. The fraction of sp³-hybridized carbons (Fsp3) is 0.360. The molecule has 1 atom stereocenters. The number of methoxy groups -OCH3 is 1. The van der Waals surface area contributed by atoms with Gasteiger partial charge in [0.05, 0.1) is 35.9 Å². The molecule has 0 unspecified atom stereocenters. The van der Waals surface area contributed by atoms with Crippen LogP contribution in [-0.4, -0.2) is 70.6 Å². The minimum atomic E-state index is -0.677. The predicted octanol–water partition coefficient (Wildman–Crippen LogP) is 3.43. The molecule has 2 aromatic heterocycles. The molecule has 2 amide bonds. The van der Waals surface area contributed by atoms with Gasteiger partial charge in [-0.15, -0.1) is 11.8 Å². The average molecular weight is 510 g/mol. The number of ether oxygens (including phenoxy) is 2. The average Bonchev–Trinajstić information content (AvgIpc) is 2.89. The van der Waals surface area contributed by atoms with Gasteiger partial charge in [0.1, 0.15) is 11.6 Å². The van der Waals surface area contributed by atoms with Gasteiger partial charge in [0, 0.05) is 36.8 Å². The van der Waals surface area contributed by atoms with Crippen LogP contribution in [0.3, 0.4) is 0 Å². The number of amides is 2. The van der Waals surface area contributed by atoms with Crippen LogP contribution in [0.25, 0.3) is 11.0 Å². The second-order valence-electron chi connectivity index (χ2n) is 8.72. The van der Waals surface area contributed by atoms with E-state index in [0.29, 0.717) is 60.8 Å². The number of piperidine rings is 1. The Morgan fingerprint density at radius 1 is 1.28 bits per heavy atom. The van der Waals surface area contributed by atoms with Crippen LogP contribution >= 0.6 is 11.8 Å². The quantitative estimate of drug-likeness (QED) is 0.458.